The van der Waals surface area contributed by atoms with Gasteiger partial charge < -0.3 is 0 Å². The Hall–Kier alpha value is -2.89. The number of hydrogen-bond acceptors (Lipinski definition) is 3. The number of benzene rings is 2. The lowest BCUT2D eigenvalue weighted by molar-refractivity contribution is -0.137. The Morgan fingerprint density at radius 1 is 1.04 bits per heavy atom. The number of hydrazone groups is 1. The number of rotatable bonds is 3. The van der Waals surface area contributed by atoms with Gasteiger partial charge in [0.25, 0.3) is 0 Å². The summed E-state index contributed by atoms with van der Waals surface area (Å²) < 4.78 is 38.8. The minimum Gasteiger partial charge on any atom is -0.278 e. The van der Waals surface area contributed by atoms with Crippen LogP contribution in [0.5, 0.6) is 0 Å². The maximum Gasteiger partial charge on any atom is 0.416 e. The van der Waals surface area contributed by atoms with Crippen LogP contribution >= 0.6 is 0 Å². The Morgan fingerprint density at radius 2 is 1.79 bits per heavy atom. The molecule has 0 saturated carbocycles. The Balaban J connectivity index is 1.98. The molecule has 0 unspecified atom stereocenters. The zero-order valence-corrected chi connectivity index (χ0v) is 12.8. The van der Waals surface area contributed by atoms with Gasteiger partial charge in [-0.3, -0.25) is 10.4 Å². The largest absolute Gasteiger partial charge is 0.416 e. The molecule has 0 amide bonds. The van der Waals surface area contributed by atoms with Gasteiger partial charge in [-0.2, -0.15) is 18.3 Å². The van der Waals surface area contributed by atoms with E-state index in [0.29, 0.717) is 22.3 Å². The van der Waals surface area contributed by atoms with Crippen LogP contribution in [-0.2, 0) is 6.18 Å². The van der Waals surface area contributed by atoms with E-state index in [1.165, 1.54) is 6.07 Å². The number of fused-ring (bicyclic) bond motifs is 1. The van der Waals surface area contributed by atoms with Crippen molar-refractivity contribution in [3.63, 3.8) is 0 Å². The van der Waals surface area contributed by atoms with Crippen molar-refractivity contribution < 1.29 is 13.2 Å². The van der Waals surface area contributed by atoms with Crippen LogP contribution in [0.2, 0.25) is 0 Å². The second kappa shape index (κ2) is 6.31. The van der Waals surface area contributed by atoms with Crippen molar-refractivity contribution in [2.75, 3.05) is 5.43 Å². The molecule has 1 N–H and O–H groups in total. The average Bonchev–Trinajstić information content (AvgIpc) is 2.54. The lowest BCUT2D eigenvalue weighted by Gasteiger charge is -2.11. The van der Waals surface area contributed by atoms with Crippen LogP contribution in [0, 0.1) is 6.92 Å². The van der Waals surface area contributed by atoms with Crippen LogP contribution in [0.3, 0.4) is 0 Å². The number of aromatic nitrogens is 1. The van der Waals surface area contributed by atoms with E-state index >= 15 is 0 Å². The van der Waals surface area contributed by atoms with Gasteiger partial charge in [0, 0.05) is 11.1 Å². The number of hydrogen-bond donors (Lipinski definition) is 1. The van der Waals surface area contributed by atoms with Crippen LogP contribution < -0.4 is 5.43 Å². The van der Waals surface area contributed by atoms with E-state index in [2.05, 4.69) is 15.5 Å². The summed E-state index contributed by atoms with van der Waals surface area (Å²) in [6, 6.07) is 14.6. The molecule has 0 saturated heterocycles. The Kier molecular flexibility index (Phi) is 4.20. The third-order valence-electron chi connectivity index (χ3n) is 3.46. The molecule has 0 fully saturated rings. The zero-order chi connectivity index (χ0) is 17.2. The summed E-state index contributed by atoms with van der Waals surface area (Å²) in [5, 5.41) is 4.49. The summed E-state index contributed by atoms with van der Waals surface area (Å²) in [5.41, 5.74) is 4.65. The number of pyridine rings is 1. The van der Waals surface area contributed by atoms with E-state index in [0.717, 1.165) is 17.7 Å². The molecule has 0 bridgehead atoms. The molecule has 2 aromatic carbocycles. The molecular formula is C18H14F3N3. The molecule has 0 atom stereocenters. The molecule has 6 heteroatoms. The molecule has 1 heterocycles. The molecule has 24 heavy (non-hydrogen) atoms. The van der Waals surface area contributed by atoms with Crippen LogP contribution in [0.25, 0.3) is 10.9 Å². The van der Waals surface area contributed by atoms with Crippen molar-refractivity contribution in [3.8, 4) is 0 Å². The third-order valence-corrected chi connectivity index (χ3v) is 3.46. The van der Waals surface area contributed by atoms with E-state index in [-0.39, 0.29) is 0 Å². The fourth-order valence-corrected chi connectivity index (χ4v) is 2.34. The molecule has 0 radical (unpaired) electrons. The van der Waals surface area contributed by atoms with Crippen LogP contribution in [-0.4, -0.2) is 11.2 Å². The summed E-state index contributed by atoms with van der Waals surface area (Å²) in [6.45, 7) is 1.78. The molecule has 122 valence electrons. The second-order valence-electron chi connectivity index (χ2n) is 5.32. The standard InChI is InChI=1S/C18H14F3N3/c1-12-9-17(24-22-11-13-5-3-2-4-6-13)15-10-14(18(19,20)21)7-8-16(15)23-12/h2-11H,1H3,(H,23,24)/b22-11+. The molecule has 1 aromatic heterocycles. The highest BCUT2D eigenvalue weighted by atomic mass is 19.4. The minimum atomic E-state index is -4.40. The fourth-order valence-electron chi connectivity index (χ4n) is 2.34. The van der Waals surface area contributed by atoms with Gasteiger partial charge >= 0.3 is 6.18 Å². The highest BCUT2D eigenvalue weighted by Crippen LogP contribution is 2.33. The topological polar surface area (TPSA) is 37.3 Å². The van der Waals surface area contributed by atoms with Crippen molar-refractivity contribution in [2.45, 2.75) is 13.1 Å². The van der Waals surface area contributed by atoms with Crippen molar-refractivity contribution >= 4 is 22.8 Å². The quantitative estimate of drug-likeness (QED) is 0.542. The summed E-state index contributed by atoms with van der Waals surface area (Å²) in [7, 11) is 0. The molecule has 0 aliphatic carbocycles. The number of nitrogens with one attached hydrogen (secondary N) is 1. The number of alkyl halides is 3. The van der Waals surface area contributed by atoms with Gasteiger partial charge in [-0.15, -0.1) is 0 Å². The van der Waals surface area contributed by atoms with E-state index in [9.17, 15) is 13.2 Å². The smallest absolute Gasteiger partial charge is 0.278 e. The minimum absolute atomic E-state index is 0.376. The van der Waals surface area contributed by atoms with Gasteiger partial charge in [-0.25, -0.2) is 0 Å². The Morgan fingerprint density at radius 3 is 2.50 bits per heavy atom. The molecule has 0 spiro atoms. The summed E-state index contributed by atoms with van der Waals surface area (Å²) >= 11 is 0. The average molecular weight is 329 g/mol. The van der Waals surface area contributed by atoms with Crippen molar-refractivity contribution in [1.82, 2.24) is 4.98 Å². The molecule has 3 aromatic rings. The Bertz CT molecular complexity index is 887. The molecule has 3 rings (SSSR count). The Labute approximate surface area is 136 Å². The van der Waals surface area contributed by atoms with E-state index < -0.39 is 11.7 Å². The normalized spacial score (nSPS) is 12.0. The second-order valence-corrected chi connectivity index (χ2v) is 5.32. The number of aryl methyl sites for hydroxylation is 1. The van der Waals surface area contributed by atoms with Gasteiger partial charge in [0.15, 0.2) is 0 Å². The molecule has 0 aliphatic heterocycles. The predicted octanol–water partition coefficient (Wildman–Crippen LogP) is 5.01. The highest BCUT2D eigenvalue weighted by Gasteiger charge is 2.30. The first-order valence-corrected chi connectivity index (χ1v) is 7.26. The van der Waals surface area contributed by atoms with Crippen LogP contribution in [0.1, 0.15) is 16.8 Å². The number of halogens is 3. The number of anilines is 1. The first kappa shape index (κ1) is 16.0. The lowest BCUT2D eigenvalue weighted by Crippen LogP contribution is -2.05. The van der Waals surface area contributed by atoms with Crippen molar-refractivity contribution in [1.29, 1.82) is 0 Å². The van der Waals surface area contributed by atoms with Gasteiger partial charge in [0.1, 0.15) is 0 Å². The lowest BCUT2D eigenvalue weighted by atomic mass is 10.1. The summed E-state index contributed by atoms with van der Waals surface area (Å²) in [4.78, 5) is 4.27. The SMILES string of the molecule is Cc1cc(N/N=C/c2ccccc2)c2cc(C(F)(F)F)ccc2n1. The van der Waals surface area contributed by atoms with E-state index in [4.69, 9.17) is 0 Å². The zero-order valence-electron chi connectivity index (χ0n) is 12.8. The molecular weight excluding hydrogens is 315 g/mol. The maximum absolute atomic E-state index is 12.9. The summed E-state index contributed by atoms with van der Waals surface area (Å²) in [6.07, 6.45) is -2.79. The highest BCUT2D eigenvalue weighted by molar-refractivity contribution is 5.92. The van der Waals surface area contributed by atoms with E-state index in [1.54, 1.807) is 19.2 Å². The predicted molar refractivity (Wildman–Crippen MR) is 89.1 cm³/mol. The van der Waals surface area contributed by atoms with Gasteiger partial charge in [-0.1, -0.05) is 30.3 Å². The first-order chi connectivity index (χ1) is 11.4. The first-order valence-electron chi connectivity index (χ1n) is 7.26. The maximum atomic E-state index is 12.9. The number of nitrogens with zero attached hydrogens (tertiary/aromatic N) is 2. The van der Waals surface area contributed by atoms with E-state index in [1.807, 2.05) is 30.3 Å². The molecule has 0 aliphatic rings. The van der Waals surface area contributed by atoms with Gasteiger partial charge in [0.05, 0.1) is 23.0 Å². The monoisotopic (exact) mass is 329 g/mol. The summed E-state index contributed by atoms with van der Waals surface area (Å²) in [5.74, 6) is 0. The van der Waals surface area contributed by atoms with Crippen LogP contribution in [0.15, 0.2) is 59.7 Å². The van der Waals surface area contributed by atoms with Crippen molar-refractivity contribution in [2.24, 2.45) is 5.10 Å². The third kappa shape index (κ3) is 3.53. The van der Waals surface area contributed by atoms with Gasteiger partial charge in [0.2, 0.25) is 0 Å². The van der Waals surface area contributed by atoms with Gasteiger partial charge in [-0.05, 0) is 36.8 Å². The van der Waals surface area contributed by atoms with Crippen LogP contribution in [0.4, 0.5) is 18.9 Å². The fraction of sp³-hybridized carbons (Fsp3) is 0.111. The van der Waals surface area contributed by atoms with Crippen molar-refractivity contribution in [3.05, 3.63) is 71.4 Å². The molecule has 3 nitrogen and oxygen atoms in total.